The van der Waals surface area contributed by atoms with Crippen LogP contribution in [0, 0.1) is 0 Å². The molecule has 1 N–H and O–H groups in total. The Labute approximate surface area is 139 Å². The van der Waals surface area contributed by atoms with Gasteiger partial charge in [0.05, 0.1) is 4.88 Å². The van der Waals surface area contributed by atoms with Crippen molar-refractivity contribution < 1.29 is 0 Å². The second-order valence-corrected chi connectivity index (χ2v) is 8.07. The van der Waals surface area contributed by atoms with E-state index >= 15 is 0 Å². The number of aromatic nitrogens is 3. The number of hydrogen-bond acceptors (Lipinski definition) is 4. The van der Waals surface area contributed by atoms with Gasteiger partial charge in [-0.15, -0.1) is 16.4 Å². The molecular weight excluding hydrogens is 310 g/mol. The lowest BCUT2D eigenvalue weighted by molar-refractivity contribution is 0.590. The summed E-state index contributed by atoms with van der Waals surface area (Å²) in [4.78, 5) is 5.65. The third-order valence-electron chi connectivity index (χ3n) is 3.41. The quantitative estimate of drug-likeness (QED) is 0.675. The SMILES string of the molecule is CC(C)(C)c1ccc(CSc2n[nH]c(-c3cccs3)n2)cc1. The highest BCUT2D eigenvalue weighted by Crippen LogP contribution is 2.26. The van der Waals surface area contributed by atoms with Gasteiger partial charge in [-0.05, 0) is 28.0 Å². The molecule has 0 fully saturated rings. The number of thioether (sulfide) groups is 1. The summed E-state index contributed by atoms with van der Waals surface area (Å²) in [6, 6.07) is 12.9. The molecule has 3 aromatic rings. The van der Waals surface area contributed by atoms with Crippen LogP contribution in [0.2, 0.25) is 0 Å². The molecule has 0 saturated heterocycles. The molecule has 0 unspecified atom stereocenters. The van der Waals surface area contributed by atoms with Crippen molar-refractivity contribution in [1.82, 2.24) is 15.2 Å². The molecule has 114 valence electrons. The van der Waals surface area contributed by atoms with Crippen molar-refractivity contribution in [2.75, 3.05) is 0 Å². The maximum atomic E-state index is 4.53. The number of hydrogen-bond donors (Lipinski definition) is 1. The van der Waals surface area contributed by atoms with Crippen LogP contribution in [0.5, 0.6) is 0 Å². The van der Waals surface area contributed by atoms with Gasteiger partial charge >= 0.3 is 0 Å². The van der Waals surface area contributed by atoms with Crippen molar-refractivity contribution in [2.45, 2.75) is 37.1 Å². The topological polar surface area (TPSA) is 41.6 Å². The fraction of sp³-hybridized carbons (Fsp3) is 0.294. The molecule has 0 amide bonds. The van der Waals surface area contributed by atoms with Crippen LogP contribution in [0.3, 0.4) is 0 Å². The summed E-state index contributed by atoms with van der Waals surface area (Å²) in [5.74, 6) is 1.73. The number of benzene rings is 1. The number of aromatic amines is 1. The van der Waals surface area contributed by atoms with E-state index in [0.29, 0.717) is 0 Å². The minimum absolute atomic E-state index is 0.199. The second-order valence-electron chi connectivity index (χ2n) is 6.18. The Morgan fingerprint density at radius 2 is 1.91 bits per heavy atom. The number of H-pyrrole nitrogens is 1. The zero-order valence-corrected chi connectivity index (χ0v) is 14.6. The van der Waals surface area contributed by atoms with E-state index in [-0.39, 0.29) is 5.41 Å². The molecule has 0 bridgehead atoms. The fourth-order valence-corrected chi connectivity index (χ4v) is 3.50. The van der Waals surface area contributed by atoms with Crippen LogP contribution in [0.1, 0.15) is 31.9 Å². The fourth-order valence-electron chi connectivity index (χ4n) is 2.08. The maximum absolute atomic E-state index is 4.53. The van der Waals surface area contributed by atoms with Crippen LogP contribution in [-0.4, -0.2) is 15.2 Å². The molecule has 0 aliphatic heterocycles. The van der Waals surface area contributed by atoms with Gasteiger partial charge in [0.25, 0.3) is 0 Å². The predicted octanol–water partition coefficient (Wildman–Crippen LogP) is 5.12. The first kappa shape index (κ1) is 15.3. The first-order chi connectivity index (χ1) is 10.5. The summed E-state index contributed by atoms with van der Waals surface area (Å²) in [6.45, 7) is 6.70. The van der Waals surface area contributed by atoms with E-state index in [1.165, 1.54) is 11.1 Å². The minimum Gasteiger partial charge on any atom is -0.257 e. The summed E-state index contributed by atoms with van der Waals surface area (Å²) in [5.41, 5.74) is 2.85. The highest BCUT2D eigenvalue weighted by Gasteiger charge is 2.13. The zero-order valence-electron chi connectivity index (χ0n) is 13.0. The molecular formula is C17H19N3S2. The molecule has 0 spiro atoms. The molecule has 5 heteroatoms. The first-order valence-corrected chi connectivity index (χ1v) is 9.07. The van der Waals surface area contributed by atoms with Gasteiger partial charge < -0.3 is 0 Å². The number of thiophene rings is 1. The Hall–Kier alpha value is -1.59. The molecule has 22 heavy (non-hydrogen) atoms. The van der Waals surface area contributed by atoms with E-state index < -0.39 is 0 Å². The largest absolute Gasteiger partial charge is 0.257 e. The van der Waals surface area contributed by atoms with Gasteiger partial charge in [-0.1, -0.05) is 62.9 Å². The van der Waals surface area contributed by atoms with Crippen molar-refractivity contribution in [2.24, 2.45) is 0 Å². The standard InChI is InChI=1S/C17H19N3S2/c1-17(2,3)13-8-6-12(7-9-13)11-22-16-18-15(19-20-16)14-5-4-10-21-14/h4-10H,11H2,1-3H3,(H,18,19,20). The smallest absolute Gasteiger partial charge is 0.209 e. The lowest BCUT2D eigenvalue weighted by Gasteiger charge is -2.19. The van der Waals surface area contributed by atoms with Crippen LogP contribution in [0.4, 0.5) is 0 Å². The number of rotatable bonds is 4. The molecule has 0 radical (unpaired) electrons. The zero-order chi connectivity index (χ0) is 15.6. The van der Waals surface area contributed by atoms with E-state index in [4.69, 9.17) is 0 Å². The van der Waals surface area contributed by atoms with Gasteiger partial charge in [-0.25, -0.2) is 4.98 Å². The van der Waals surface area contributed by atoms with Crippen LogP contribution in [0.25, 0.3) is 10.7 Å². The molecule has 0 saturated carbocycles. The highest BCUT2D eigenvalue weighted by atomic mass is 32.2. The predicted molar refractivity (Wildman–Crippen MR) is 94.4 cm³/mol. The summed E-state index contributed by atoms with van der Waals surface area (Å²) < 4.78 is 0. The molecule has 0 aliphatic carbocycles. The third-order valence-corrected chi connectivity index (χ3v) is 5.20. The van der Waals surface area contributed by atoms with Crippen LogP contribution >= 0.6 is 23.1 Å². The minimum atomic E-state index is 0.199. The molecule has 2 heterocycles. The van der Waals surface area contributed by atoms with Crippen molar-refractivity contribution in [1.29, 1.82) is 0 Å². The monoisotopic (exact) mass is 329 g/mol. The Morgan fingerprint density at radius 3 is 2.55 bits per heavy atom. The van der Waals surface area contributed by atoms with Crippen molar-refractivity contribution in [3.8, 4) is 10.7 Å². The molecule has 1 aromatic carbocycles. The normalized spacial score (nSPS) is 11.8. The van der Waals surface area contributed by atoms with Gasteiger partial charge in [0.2, 0.25) is 5.16 Å². The summed E-state index contributed by atoms with van der Waals surface area (Å²) in [6.07, 6.45) is 0. The van der Waals surface area contributed by atoms with Crippen molar-refractivity contribution in [3.63, 3.8) is 0 Å². The summed E-state index contributed by atoms with van der Waals surface area (Å²) in [5, 5.41) is 10.1. The molecule has 2 aromatic heterocycles. The van der Waals surface area contributed by atoms with E-state index in [0.717, 1.165) is 21.6 Å². The summed E-state index contributed by atoms with van der Waals surface area (Å²) in [7, 11) is 0. The van der Waals surface area contributed by atoms with Gasteiger partial charge in [-0.3, -0.25) is 5.10 Å². The van der Waals surface area contributed by atoms with Gasteiger partial charge in [0, 0.05) is 5.75 Å². The third kappa shape index (κ3) is 3.59. The molecule has 0 atom stereocenters. The lowest BCUT2D eigenvalue weighted by Crippen LogP contribution is -2.10. The van der Waals surface area contributed by atoms with Crippen LogP contribution in [0.15, 0.2) is 46.9 Å². The van der Waals surface area contributed by atoms with Crippen LogP contribution in [-0.2, 0) is 11.2 Å². The summed E-state index contributed by atoms with van der Waals surface area (Å²) >= 11 is 3.32. The molecule has 3 nitrogen and oxygen atoms in total. The maximum Gasteiger partial charge on any atom is 0.209 e. The Morgan fingerprint density at radius 1 is 1.14 bits per heavy atom. The average Bonchev–Trinajstić information content (AvgIpc) is 3.15. The molecule has 0 aliphatic rings. The van der Waals surface area contributed by atoms with E-state index in [2.05, 4.69) is 60.2 Å². The van der Waals surface area contributed by atoms with Gasteiger partial charge in [0.1, 0.15) is 0 Å². The number of nitrogens with zero attached hydrogens (tertiary/aromatic N) is 2. The van der Waals surface area contributed by atoms with E-state index in [1.807, 2.05) is 17.5 Å². The Balaban J connectivity index is 1.63. The first-order valence-electron chi connectivity index (χ1n) is 7.21. The van der Waals surface area contributed by atoms with Gasteiger partial charge in [0.15, 0.2) is 5.82 Å². The van der Waals surface area contributed by atoms with E-state index in [1.54, 1.807) is 23.1 Å². The Kier molecular flexibility index (Phi) is 4.36. The second kappa shape index (κ2) is 6.26. The highest BCUT2D eigenvalue weighted by molar-refractivity contribution is 7.98. The average molecular weight is 329 g/mol. The van der Waals surface area contributed by atoms with Crippen molar-refractivity contribution in [3.05, 3.63) is 52.9 Å². The molecule has 3 rings (SSSR count). The number of nitrogens with one attached hydrogen (secondary N) is 1. The van der Waals surface area contributed by atoms with Gasteiger partial charge in [-0.2, -0.15) is 0 Å². The van der Waals surface area contributed by atoms with Crippen molar-refractivity contribution >= 4 is 23.1 Å². The van der Waals surface area contributed by atoms with E-state index in [9.17, 15) is 0 Å². The Bertz CT molecular complexity index is 722. The lowest BCUT2D eigenvalue weighted by atomic mass is 9.87. The van der Waals surface area contributed by atoms with Crippen LogP contribution < -0.4 is 0 Å².